The summed E-state index contributed by atoms with van der Waals surface area (Å²) in [5.74, 6) is -1.52. The van der Waals surface area contributed by atoms with E-state index < -0.39 is 33.4 Å². The Balaban J connectivity index is 1.87. The van der Waals surface area contributed by atoms with Crippen LogP contribution in [0.2, 0.25) is 0 Å². The average molecular weight is 582 g/mol. The van der Waals surface area contributed by atoms with Crippen LogP contribution in [0.15, 0.2) is 55.6 Å². The summed E-state index contributed by atoms with van der Waals surface area (Å²) in [5.41, 5.74) is 0.780. The molecule has 1 aromatic carbocycles. The standard InChI is InChI=1S/C33H47N3O4S/c1-7-14-23(5)35(21-10-4)31(40)28-33-18-17-32(6,41-33)26(29(38)34(19-8-2)20-9-3)27(33)30(39)36(28)25(22-37)24-15-12-11-13-16-24/h8,10-13,15-16,23,25-28,37H,2,4,7,9,14,17-22H2,1,3,5-6H3/t23?,25-,26+,27+,28?,32-,33?/m1/s1. The fraction of sp³-hybridized carbons (Fsp3) is 0.606. The zero-order valence-corrected chi connectivity index (χ0v) is 25.9. The van der Waals surface area contributed by atoms with Crippen molar-refractivity contribution in [2.75, 3.05) is 26.2 Å². The highest BCUT2D eigenvalue weighted by atomic mass is 32.2. The molecule has 4 rings (SSSR count). The minimum atomic E-state index is -0.791. The Kier molecular flexibility index (Phi) is 9.74. The van der Waals surface area contributed by atoms with Crippen LogP contribution < -0.4 is 0 Å². The monoisotopic (exact) mass is 581 g/mol. The summed E-state index contributed by atoms with van der Waals surface area (Å²) in [6.45, 7) is 17.1. The zero-order valence-electron chi connectivity index (χ0n) is 25.1. The number of carbonyl (C=O) groups excluding carboxylic acids is 3. The van der Waals surface area contributed by atoms with Crippen LogP contribution in [-0.2, 0) is 14.4 Å². The molecule has 0 radical (unpaired) electrons. The van der Waals surface area contributed by atoms with E-state index in [1.165, 1.54) is 0 Å². The molecular weight excluding hydrogens is 534 g/mol. The first kappa shape index (κ1) is 31.4. The topological polar surface area (TPSA) is 81.2 Å². The summed E-state index contributed by atoms with van der Waals surface area (Å²) in [7, 11) is 0. The van der Waals surface area contributed by atoms with E-state index in [-0.39, 0.29) is 30.4 Å². The average Bonchev–Trinajstić information content (AvgIpc) is 3.53. The minimum absolute atomic E-state index is 0.0303. The Morgan fingerprint density at radius 3 is 2.39 bits per heavy atom. The van der Waals surface area contributed by atoms with Gasteiger partial charge in [-0.1, -0.05) is 62.8 Å². The number of amides is 3. The molecule has 0 saturated carbocycles. The number of rotatable bonds is 14. The highest BCUT2D eigenvalue weighted by molar-refractivity contribution is 8.02. The molecule has 0 aromatic heterocycles. The lowest BCUT2D eigenvalue weighted by molar-refractivity contribution is -0.148. The van der Waals surface area contributed by atoms with E-state index in [2.05, 4.69) is 27.0 Å². The molecule has 1 aromatic rings. The fourth-order valence-electron chi connectivity index (χ4n) is 7.66. The van der Waals surface area contributed by atoms with Crippen LogP contribution in [0.4, 0.5) is 0 Å². The molecule has 1 spiro atoms. The van der Waals surface area contributed by atoms with Gasteiger partial charge >= 0.3 is 0 Å². The quantitative estimate of drug-likeness (QED) is 0.319. The van der Waals surface area contributed by atoms with Crippen molar-refractivity contribution in [1.29, 1.82) is 0 Å². The van der Waals surface area contributed by atoms with Gasteiger partial charge in [0.05, 0.1) is 29.2 Å². The van der Waals surface area contributed by atoms with Crippen molar-refractivity contribution in [2.24, 2.45) is 11.8 Å². The highest BCUT2D eigenvalue weighted by Crippen LogP contribution is 2.72. The lowest BCUT2D eigenvalue weighted by atomic mass is 9.66. The van der Waals surface area contributed by atoms with Crippen molar-refractivity contribution in [3.8, 4) is 0 Å². The number of benzene rings is 1. The Hall–Kier alpha value is -2.58. The van der Waals surface area contributed by atoms with Gasteiger partial charge in [0, 0.05) is 30.4 Å². The van der Waals surface area contributed by atoms with E-state index in [0.29, 0.717) is 26.1 Å². The van der Waals surface area contributed by atoms with Crippen molar-refractivity contribution in [1.82, 2.24) is 14.7 Å². The fourth-order valence-corrected chi connectivity index (χ4v) is 9.99. The van der Waals surface area contributed by atoms with Crippen LogP contribution in [0.25, 0.3) is 0 Å². The van der Waals surface area contributed by atoms with Crippen LogP contribution >= 0.6 is 11.8 Å². The largest absolute Gasteiger partial charge is 0.394 e. The second kappa shape index (κ2) is 12.7. The number of aliphatic hydroxyl groups excluding tert-OH is 1. The predicted molar refractivity (Wildman–Crippen MR) is 165 cm³/mol. The molecule has 3 fully saturated rings. The maximum absolute atomic E-state index is 14.8. The first-order valence-electron chi connectivity index (χ1n) is 15.1. The summed E-state index contributed by atoms with van der Waals surface area (Å²) in [4.78, 5) is 49.1. The van der Waals surface area contributed by atoms with E-state index in [1.54, 1.807) is 28.8 Å². The maximum Gasteiger partial charge on any atom is 0.247 e. The normalized spacial score (nSPS) is 29.6. The van der Waals surface area contributed by atoms with Crippen LogP contribution in [-0.4, -0.2) is 85.3 Å². The summed E-state index contributed by atoms with van der Waals surface area (Å²) in [5, 5.41) is 10.7. The third-order valence-electron chi connectivity index (χ3n) is 9.41. The lowest BCUT2D eigenvalue weighted by Crippen LogP contribution is -2.57. The molecule has 3 saturated heterocycles. The van der Waals surface area contributed by atoms with E-state index in [9.17, 15) is 19.5 Å². The number of carbonyl (C=O) groups is 3. The minimum Gasteiger partial charge on any atom is -0.394 e. The summed E-state index contributed by atoms with van der Waals surface area (Å²) in [6.07, 6.45) is 7.47. The third-order valence-corrected chi connectivity index (χ3v) is 11.4. The molecule has 1 N–H and O–H groups in total. The van der Waals surface area contributed by atoms with Gasteiger partial charge in [0.2, 0.25) is 17.7 Å². The second-order valence-corrected chi connectivity index (χ2v) is 14.0. The zero-order chi connectivity index (χ0) is 29.9. The van der Waals surface area contributed by atoms with Gasteiger partial charge in [-0.2, -0.15) is 0 Å². The van der Waals surface area contributed by atoms with Crippen LogP contribution in [0.5, 0.6) is 0 Å². The maximum atomic E-state index is 14.8. The van der Waals surface area contributed by atoms with Crippen molar-refractivity contribution >= 4 is 29.5 Å². The number of aliphatic hydroxyl groups is 1. The third kappa shape index (κ3) is 5.27. The summed E-state index contributed by atoms with van der Waals surface area (Å²) < 4.78 is -1.20. The second-order valence-electron chi connectivity index (χ2n) is 12.1. The Labute approximate surface area is 250 Å². The first-order chi connectivity index (χ1) is 19.6. The highest BCUT2D eigenvalue weighted by Gasteiger charge is 2.78. The van der Waals surface area contributed by atoms with Gasteiger partial charge in [-0.05, 0) is 45.1 Å². The SMILES string of the molecule is C=CCN(CCC)C(=O)[C@@H]1[C@H]2C(=O)N([C@H](CO)c3ccccc3)C(C(=O)N(CC=C)C(C)CCC)C23CC[C@@]1(C)S3. The van der Waals surface area contributed by atoms with Gasteiger partial charge in [0.1, 0.15) is 6.04 Å². The molecule has 3 heterocycles. The van der Waals surface area contributed by atoms with E-state index in [0.717, 1.165) is 31.2 Å². The molecule has 3 unspecified atom stereocenters. The molecular formula is C33H47N3O4S. The molecule has 3 amide bonds. The smallest absolute Gasteiger partial charge is 0.247 e. The van der Waals surface area contributed by atoms with E-state index in [4.69, 9.17) is 0 Å². The van der Waals surface area contributed by atoms with E-state index in [1.807, 2.05) is 54.0 Å². The van der Waals surface area contributed by atoms with Crippen molar-refractivity contribution < 1.29 is 19.5 Å². The first-order valence-corrected chi connectivity index (χ1v) is 16.0. The van der Waals surface area contributed by atoms with Crippen LogP contribution in [0.1, 0.15) is 71.4 Å². The number of nitrogens with zero attached hydrogens (tertiary/aromatic N) is 3. The molecule has 0 aliphatic carbocycles. The summed E-state index contributed by atoms with van der Waals surface area (Å²) in [6, 6.07) is 7.93. The molecule has 224 valence electrons. The van der Waals surface area contributed by atoms with Crippen molar-refractivity contribution in [3.63, 3.8) is 0 Å². The molecule has 8 heteroatoms. The van der Waals surface area contributed by atoms with Gasteiger partial charge in [-0.3, -0.25) is 14.4 Å². The van der Waals surface area contributed by atoms with Gasteiger partial charge < -0.3 is 19.8 Å². The van der Waals surface area contributed by atoms with Crippen molar-refractivity contribution in [2.45, 2.75) is 87.4 Å². The molecule has 7 nitrogen and oxygen atoms in total. The van der Waals surface area contributed by atoms with Crippen molar-refractivity contribution in [3.05, 3.63) is 61.2 Å². The van der Waals surface area contributed by atoms with Gasteiger partial charge in [0.15, 0.2) is 0 Å². The lowest BCUT2D eigenvalue weighted by Gasteiger charge is -2.41. The van der Waals surface area contributed by atoms with E-state index >= 15 is 0 Å². The Morgan fingerprint density at radius 1 is 1.12 bits per heavy atom. The van der Waals surface area contributed by atoms with Gasteiger partial charge in [0.25, 0.3) is 0 Å². The number of thioether (sulfide) groups is 1. The predicted octanol–water partition coefficient (Wildman–Crippen LogP) is 4.83. The Morgan fingerprint density at radius 2 is 1.80 bits per heavy atom. The van der Waals surface area contributed by atoms with Gasteiger partial charge in [-0.25, -0.2) is 0 Å². The molecule has 2 bridgehead atoms. The Bertz CT molecular complexity index is 1140. The molecule has 3 aliphatic rings. The number of hydrogen-bond donors (Lipinski definition) is 1. The number of fused-ring (bicyclic) bond motifs is 1. The molecule has 41 heavy (non-hydrogen) atoms. The number of likely N-dealkylation sites (tertiary alicyclic amines) is 1. The molecule has 3 aliphatic heterocycles. The van der Waals surface area contributed by atoms with Crippen LogP contribution in [0.3, 0.4) is 0 Å². The van der Waals surface area contributed by atoms with Gasteiger partial charge in [-0.15, -0.1) is 24.9 Å². The van der Waals surface area contributed by atoms with Crippen LogP contribution in [0, 0.1) is 11.8 Å². The summed E-state index contributed by atoms with van der Waals surface area (Å²) >= 11 is 1.68. The number of hydrogen-bond acceptors (Lipinski definition) is 5. The molecule has 7 atom stereocenters.